The maximum absolute atomic E-state index is 13.8. The number of fused-ring (bicyclic) bond motifs is 1. The van der Waals surface area contributed by atoms with Crippen LogP contribution >= 0.6 is 11.3 Å². The van der Waals surface area contributed by atoms with Gasteiger partial charge in [0, 0.05) is 12.7 Å². The average Bonchev–Trinajstić information content (AvgIpc) is 2.93. The fraction of sp³-hybridized carbons (Fsp3) is 0.214. The van der Waals surface area contributed by atoms with E-state index in [0.717, 1.165) is 29.0 Å². The van der Waals surface area contributed by atoms with E-state index < -0.39 is 5.82 Å². The van der Waals surface area contributed by atoms with Crippen molar-refractivity contribution >= 4 is 27.4 Å². The molecule has 3 aromatic heterocycles. The van der Waals surface area contributed by atoms with Gasteiger partial charge in [0.2, 0.25) is 0 Å². The van der Waals surface area contributed by atoms with Crippen LogP contribution in [-0.2, 0) is 0 Å². The Hall–Kier alpha value is -2.08. The van der Waals surface area contributed by atoms with Crippen LogP contribution in [0.2, 0.25) is 0 Å². The molecule has 0 saturated heterocycles. The van der Waals surface area contributed by atoms with Crippen LogP contribution in [0.5, 0.6) is 0 Å². The van der Waals surface area contributed by atoms with Crippen molar-refractivity contribution in [1.29, 1.82) is 0 Å². The molecule has 0 unspecified atom stereocenters. The minimum absolute atomic E-state index is 0.370. The molecule has 3 rings (SSSR count). The molecule has 0 bridgehead atoms. The Bertz CT molecular complexity index is 741. The second-order valence-corrected chi connectivity index (χ2v) is 5.21. The van der Waals surface area contributed by atoms with Gasteiger partial charge in [-0.15, -0.1) is 11.3 Å². The average molecular weight is 288 g/mol. The van der Waals surface area contributed by atoms with Crippen molar-refractivity contribution in [3.8, 4) is 11.4 Å². The molecule has 0 aromatic carbocycles. The van der Waals surface area contributed by atoms with E-state index in [4.69, 9.17) is 0 Å². The third-order valence-electron chi connectivity index (χ3n) is 2.88. The van der Waals surface area contributed by atoms with E-state index in [2.05, 4.69) is 27.2 Å². The van der Waals surface area contributed by atoms with Crippen LogP contribution in [0.1, 0.15) is 13.3 Å². The summed E-state index contributed by atoms with van der Waals surface area (Å²) in [6, 6.07) is 3.57. The molecule has 4 nitrogen and oxygen atoms in total. The van der Waals surface area contributed by atoms with Crippen molar-refractivity contribution in [3.05, 3.63) is 35.7 Å². The number of thiophene rings is 1. The number of rotatable bonds is 4. The number of anilines is 1. The zero-order valence-corrected chi connectivity index (χ0v) is 11.7. The topological polar surface area (TPSA) is 50.7 Å². The van der Waals surface area contributed by atoms with Crippen LogP contribution in [0, 0.1) is 5.82 Å². The Morgan fingerprint density at radius 1 is 1.30 bits per heavy atom. The third-order valence-corrected chi connectivity index (χ3v) is 3.69. The van der Waals surface area contributed by atoms with Crippen molar-refractivity contribution in [2.45, 2.75) is 13.3 Å². The van der Waals surface area contributed by atoms with Gasteiger partial charge in [0.15, 0.2) is 11.6 Å². The standard InChI is InChI=1S/C14H13FN4S/c1-2-5-17-12-10-4-7-20-14(10)19-13(18-12)9-3-6-16-8-11(9)15/h3-4,6-8H,2,5H2,1H3,(H,17,18,19). The molecule has 0 saturated carbocycles. The van der Waals surface area contributed by atoms with E-state index in [9.17, 15) is 4.39 Å². The smallest absolute Gasteiger partial charge is 0.166 e. The van der Waals surface area contributed by atoms with E-state index in [1.165, 1.54) is 17.5 Å². The lowest BCUT2D eigenvalue weighted by molar-refractivity contribution is 0.624. The van der Waals surface area contributed by atoms with Crippen LogP contribution in [0.25, 0.3) is 21.6 Å². The molecule has 0 atom stereocenters. The van der Waals surface area contributed by atoms with Crippen LogP contribution in [-0.4, -0.2) is 21.5 Å². The highest BCUT2D eigenvalue weighted by atomic mass is 32.1. The zero-order valence-electron chi connectivity index (χ0n) is 10.9. The minimum Gasteiger partial charge on any atom is -0.369 e. The normalized spacial score (nSPS) is 10.9. The second-order valence-electron chi connectivity index (χ2n) is 4.32. The summed E-state index contributed by atoms with van der Waals surface area (Å²) in [6.07, 6.45) is 3.71. The lowest BCUT2D eigenvalue weighted by Gasteiger charge is -2.08. The van der Waals surface area contributed by atoms with Gasteiger partial charge in [-0.2, -0.15) is 0 Å². The minimum atomic E-state index is -0.412. The number of pyridine rings is 1. The van der Waals surface area contributed by atoms with E-state index >= 15 is 0 Å². The molecule has 0 amide bonds. The van der Waals surface area contributed by atoms with Gasteiger partial charge in [0.05, 0.1) is 17.1 Å². The number of nitrogens with one attached hydrogen (secondary N) is 1. The van der Waals surface area contributed by atoms with Gasteiger partial charge >= 0.3 is 0 Å². The Balaban J connectivity index is 2.14. The summed E-state index contributed by atoms with van der Waals surface area (Å²) in [7, 11) is 0. The predicted molar refractivity (Wildman–Crippen MR) is 79.4 cm³/mol. The van der Waals surface area contributed by atoms with Crippen LogP contribution < -0.4 is 5.32 Å². The highest BCUT2D eigenvalue weighted by Gasteiger charge is 2.13. The second kappa shape index (κ2) is 5.50. The maximum atomic E-state index is 13.8. The van der Waals surface area contributed by atoms with E-state index in [-0.39, 0.29) is 0 Å². The summed E-state index contributed by atoms with van der Waals surface area (Å²) in [5.74, 6) is 0.729. The Morgan fingerprint density at radius 3 is 3.00 bits per heavy atom. The molecule has 0 spiro atoms. The molecule has 0 radical (unpaired) electrons. The van der Waals surface area contributed by atoms with E-state index in [1.807, 2.05) is 11.4 Å². The third kappa shape index (κ3) is 2.34. The summed E-state index contributed by atoms with van der Waals surface area (Å²) < 4.78 is 13.8. The first-order valence-electron chi connectivity index (χ1n) is 6.38. The fourth-order valence-corrected chi connectivity index (χ4v) is 2.67. The molecule has 6 heteroatoms. The zero-order chi connectivity index (χ0) is 13.9. The summed E-state index contributed by atoms with van der Waals surface area (Å²) in [4.78, 5) is 13.5. The number of hydrogen-bond donors (Lipinski definition) is 1. The summed E-state index contributed by atoms with van der Waals surface area (Å²) in [6.45, 7) is 2.91. The summed E-state index contributed by atoms with van der Waals surface area (Å²) >= 11 is 1.52. The molecule has 0 fully saturated rings. The van der Waals surface area contributed by atoms with E-state index in [0.29, 0.717) is 11.4 Å². The van der Waals surface area contributed by atoms with Gasteiger partial charge in [-0.25, -0.2) is 14.4 Å². The largest absolute Gasteiger partial charge is 0.369 e. The van der Waals surface area contributed by atoms with Gasteiger partial charge in [-0.3, -0.25) is 4.98 Å². The first kappa shape index (κ1) is 12.9. The van der Waals surface area contributed by atoms with Crippen LogP contribution in [0.3, 0.4) is 0 Å². The van der Waals surface area contributed by atoms with Crippen molar-refractivity contribution in [2.24, 2.45) is 0 Å². The molecule has 3 heterocycles. The molecule has 20 heavy (non-hydrogen) atoms. The van der Waals surface area contributed by atoms with Gasteiger partial charge in [0.25, 0.3) is 0 Å². The van der Waals surface area contributed by atoms with Crippen molar-refractivity contribution < 1.29 is 4.39 Å². The number of halogens is 1. The number of aromatic nitrogens is 3. The Kier molecular flexibility index (Phi) is 3.56. The molecule has 1 N–H and O–H groups in total. The van der Waals surface area contributed by atoms with Crippen molar-refractivity contribution in [3.63, 3.8) is 0 Å². The first-order valence-corrected chi connectivity index (χ1v) is 7.26. The number of nitrogens with zero attached hydrogens (tertiary/aromatic N) is 3. The lowest BCUT2D eigenvalue weighted by atomic mass is 10.2. The molecular formula is C14H13FN4S. The molecule has 3 aromatic rings. The monoisotopic (exact) mass is 288 g/mol. The molecule has 102 valence electrons. The molecule has 0 aliphatic rings. The van der Waals surface area contributed by atoms with Gasteiger partial charge in [0.1, 0.15) is 10.6 Å². The summed E-state index contributed by atoms with van der Waals surface area (Å²) in [5, 5.41) is 6.21. The SMILES string of the molecule is CCCNc1nc(-c2ccncc2F)nc2sccc12. The predicted octanol–water partition coefficient (Wildman–Crippen LogP) is 3.71. The maximum Gasteiger partial charge on any atom is 0.166 e. The highest BCUT2D eigenvalue weighted by Crippen LogP contribution is 2.29. The molecule has 0 aliphatic heterocycles. The summed E-state index contributed by atoms with van der Waals surface area (Å²) in [5.41, 5.74) is 0.370. The quantitative estimate of drug-likeness (QED) is 0.795. The Labute approximate surface area is 119 Å². The highest BCUT2D eigenvalue weighted by molar-refractivity contribution is 7.16. The molecule has 0 aliphatic carbocycles. The van der Waals surface area contributed by atoms with Gasteiger partial charge in [-0.1, -0.05) is 6.92 Å². The van der Waals surface area contributed by atoms with Crippen molar-refractivity contribution in [2.75, 3.05) is 11.9 Å². The van der Waals surface area contributed by atoms with Gasteiger partial charge in [-0.05, 0) is 23.9 Å². The molecular weight excluding hydrogens is 275 g/mol. The fourth-order valence-electron chi connectivity index (χ4n) is 1.91. The number of hydrogen-bond acceptors (Lipinski definition) is 5. The van der Waals surface area contributed by atoms with Crippen LogP contribution in [0.4, 0.5) is 10.2 Å². The first-order chi connectivity index (χ1) is 9.79. The van der Waals surface area contributed by atoms with E-state index in [1.54, 1.807) is 12.3 Å². The van der Waals surface area contributed by atoms with Crippen molar-refractivity contribution in [1.82, 2.24) is 15.0 Å². The van der Waals surface area contributed by atoms with Gasteiger partial charge < -0.3 is 5.32 Å². The van der Waals surface area contributed by atoms with Crippen LogP contribution in [0.15, 0.2) is 29.9 Å². The lowest BCUT2D eigenvalue weighted by Crippen LogP contribution is -2.04. The Morgan fingerprint density at radius 2 is 2.20 bits per heavy atom.